The second-order valence-electron chi connectivity index (χ2n) is 10.9. The Bertz CT molecular complexity index is 1740. The Kier molecular flexibility index (Phi) is 7.89. The van der Waals surface area contributed by atoms with Crippen LogP contribution < -0.4 is 5.32 Å². The number of rotatable bonds is 9. The van der Waals surface area contributed by atoms with Crippen LogP contribution in [-0.4, -0.2) is 49.5 Å². The Labute approximate surface area is 253 Å². The van der Waals surface area contributed by atoms with E-state index in [9.17, 15) is 22.8 Å². The molecule has 2 aromatic carbocycles. The van der Waals surface area contributed by atoms with Gasteiger partial charge in [0.25, 0.3) is 5.91 Å². The molecule has 0 spiro atoms. The van der Waals surface area contributed by atoms with Crippen molar-refractivity contribution in [1.82, 2.24) is 4.98 Å². The van der Waals surface area contributed by atoms with E-state index >= 15 is 0 Å². The van der Waals surface area contributed by atoms with Gasteiger partial charge in [0.15, 0.2) is 26.9 Å². The number of allylic oxidation sites excluding steroid dienone is 2. The number of benzene rings is 2. The molecular weight excluding hydrogens is 588 g/mol. The molecule has 1 fully saturated rings. The number of nitrogens with zero attached hydrogens (tertiary/aromatic N) is 1. The standard InChI is InChI=1S/C32H30N2O7S2/c1-18-25(31(37)40-2)13-14-26(28(18)35)27-17-33-32(42-27)34-30(36)29(41-22-15-20-5-3-4-6-21(20)16-22)19-7-9-23(10-8-19)43(38,39)24-11-12-24/h3-10,13-14,17,22,24,26,29H,11-12,15-16H2,1-2H3,(H,33,34,36). The molecule has 1 saturated carbocycles. The monoisotopic (exact) mass is 618 g/mol. The number of thiazole rings is 1. The Morgan fingerprint density at radius 2 is 1.72 bits per heavy atom. The molecule has 11 heteroatoms. The third-order valence-electron chi connectivity index (χ3n) is 8.03. The molecule has 0 saturated heterocycles. The molecule has 0 radical (unpaired) electrons. The van der Waals surface area contributed by atoms with Crippen molar-refractivity contribution >= 4 is 44.0 Å². The number of ketones is 1. The van der Waals surface area contributed by atoms with Crippen LogP contribution in [0, 0.1) is 0 Å². The van der Waals surface area contributed by atoms with Gasteiger partial charge in [-0.15, -0.1) is 11.3 Å². The zero-order valence-electron chi connectivity index (χ0n) is 23.6. The van der Waals surface area contributed by atoms with Crippen LogP contribution in [0.1, 0.15) is 53.4 Å². The lowest BCUT2D eigenvalue weighted by molar-refractivity contribution is -0.136. The van der Waals surface area contributed by atoms with E-state index in [0.29, 0.717) is 41.7 Å². The van der Waals surface area contributed by atoms with Crippen LogP contribution in [0.15, 0.2) is 82.9 Å². The summed E-state index contributed by atoms with van der Waals surface area (Å²) in [6.07, 6.45) is 6.13. The molecule has 3 aliphatic rings. The maximum atomic E-state index is 13.7. The number of anilines is 1. The third kappa shape index (κ3) is 5.84. The second kappa shape index (κ2) is 11.6. The van der Waals surface area contributed by atoms with Crippen LogP contribution in [-0.2, 0) is 46.5 Å². The molecular formula is C32H30N2O7S2. The highest BCUT2D eigenvalue weighted by molar-refractivity contribution is 7.92. The molecule has 1 N–H and O–H groups in total. The Hall–Kier alpha value is -3.93. The van der Waals surface area contributed by atoms with Gasteiger partial charge in [-0.1, -0.05) is 48.6 Å². The summed E-state index contributed by atoms with van der Waals surface area (Å²) in [6.45, 7) is 1.58. The number of ether oxygens (including phenoxy) is 2. The van der Waals surface area contributed by atoms with Gasteiger partial charge in [0.2, 0.25) is 0 Å². The highest BCUT2D eigenvalue weighted by atomic mass is 32.2. The average molecular weight is 619 g/mol. The fourth-order valence-corrected chi connectivity index (χ4v) is 8.04. The number of carbonyl (C=O) groups excluding carboxylic acids is 3. The quantitative estimate of drug-likeness (QED) is 0.343. The third-order valence-corrected chi connectivity index (χ3v) is 11.3. The van der Waals surface area contributed by atoms with Gasteiger partial charge >= 0.3 is 5.97 Å². The normalized spacial score (nSPS) is 19.3. The predicted octanol–water partition coefficient (Wildman–Crippen LogP) is 4.66. The lowest BCUT2D eigenvalue weighted by Gasteiger charge is -2.22. The Morgan fingerprint density at radius 1 is 1.05 bits per heavy atom. The zero-order chi connectivity index (χ0) is 30.3. The first-order chi connectivity index (χ1) is 20.7. The van der Waals surface area contributed by atoms with Gasteiger partial charge in [-0.3, -0.25) is 14.9 Å². The van der Waals surface area contributed by atoms with Crippen LogP contribution in [0.4, 0.5) is 5.13 Å². The summed E-state index contributed by atoms with van der Waals surface area (Å²) in [5, 5.41) is 2.79. The van der Waals surface area contributed by atoms with Crippen molar-refractivity contribution in [2.24, 2.45) is 0 Å². The van der Waals surface area contributed by atoms with E-state index in [1.165, 1.54) is 36.6 Å². The van der Waals surface area contributed by atoms with Crippen molar-refractivity contribution in [3.8, 4) is 0 Å². The largest absolute Gasteiger partial charge is 0.465 e. The number of nitrogens with one attached hydrogen (secondary N) is 1. The summed E-state index contributed by atoms with van der Waals surface area (Å²) >= 11 is 1.16. The number of hydrogen-bond donors (Lipinski definition) is 1. The van der Waals surface area contributed by atoms with Crippen molar-refractivity contribution in [2.75, 3.05) is 12.4 Å². The fraction of sp³-hybridized carbons (Fsp3) is 0.312. The molecule has 1 heterocycles. The summed E-state index contributed by atoms with van der Waals surface area (Å²) in [5.74, 6) is -1.91. The van der Waals surface area contributed by atoms with E-state index < -0.39 is 33.7 Å². The first kappa shape index (κ1) is 29.2. The van der Waals surface area contributed by atoms with Crippen molar-refractivity contribution < 1.29 is 32.3 Å². The summed E-state index contributed by atoms with van der Waals surface area (Å²) in [4.78, 5) is 43.9. The van der Waals surface area contributed by atoms with Gasteiger partial charge < -0.3 is 9.47 Å². The number of carbonyl (C=O) groups is 3. The molecule has 0 aliphatic heterocycles. The highest BCUT2D eigenvalue weighted by Gasteiger charge is 2.37. The van der Waals surface area contributed by atoms with E-state index in [1.54, 1.807) is 31.2 Å². The van der Waals surface area contributed by atoms with Gasteiger partial charge in [0.1, 0.15) is 0 Å². The van der Waals surface area contributed by atoms with E-state index in [2.05, 4.69) is 22.4 Å². The van der Waals surface area contributed by atoms with E-state index in [0.717, 1.165) is 11.3 Å². The van der Waals surface area contributed by atoms with Crippen LogP contribution in [0.2, 0.25) is 0 Å². The first-order valence-electron chi connectivity index (χ1n) is 14.0. The molecule has 2 unspecified atom stereocenters. The number of esters is 1. The number of amides is 1. The lowest BCUT2D eigenvalue weighted by atomic mass is 9.88. The van der Waals surface area contributed by atoms with Crippen molar-refractivity contribution in [3.05, 3.63) is 99.6 Å². The minimum Gasteiger partial charge on any atom is -0.465 e. The average Bonchev–Trinajstić information content (AvgIpc) is 3.65. The number of Topliss-reactive ketones (excluding diaryl/α,β-unsaturated/α-hetero) is 1. The van der Waals surface area contributed by atoms with Gasteiger partial charge in [0.05, 0.1) is 34.9 Å². The summed E-state index contributed by atoms with van der Waals surface area (Å²) < 4.78 is 36.6. The topological polar surface area (TPSA) is 129 Å². The van der Waals surface area contributed by atoms with Gasteiger partial charge in [-0.05, 0) is 61.4 Å². The second-order valence-corrected chi connectivity index (χ2v) is 14.2. The lowest BCUT2D eigenvalue weighted by Crippen LogP contribution is -2.28. The molecule has 6 rings (SSSR count). The molecule has 0 bridgehead atoms. The number of hydrogen-bond acceptors (Lipinski definition) is 9. The summed E-state index contributed by atoms with van der Waals surface area (Å²) in [5.41, 5.74) is 3.39. The van der Waals surface area contributed by atoms with Gasteiger partial charge in [-0.2, -0.15) is 0 Å². The minimum absolute atomic E-state index is 0.215. The predicted molar refractivity (Wildman–Crippen MR) is 160 cm³/mol. The van der Waals surface area contributed by atoms with Gasteiger partial charge in [-0.25, -0.2) is 18.2 Å². The minimum atomic E-state index is -3.37. The highest BCUT2D eigenvalue weighted by Crippen LogP contribution is 2.36. The number of sulfone groups is 1. The molecule has 1 amide bonds. The Balaban J connectivity index is 1.22. The Morgan fingerprint density at radius 3 is 2.35 bits per heavy atom. The summed E-state index contributed by atoms with van der Waals surface area (Å²) in [7, 11) is -2.11. The van der Waals surface area contributed by atoms with Crippen LogP contribution in [0.25, 0.3) is 0 Å². The van der Waals surface area contributed by atoms with E-state index in [-0.39, 0.29) is 32.7 Å². The van der Waals surface area contributed by atoms with Crippen molar-refractivity contribution in [1.29, 1.82) is 0 Å². The maximum absolute atomic E-state index is 13.7. The molecule has 1 aromatic heterocycles. The van der Waals surface area contributed by atoms with Crippen molar-refractivity contribution in [2.45, 2.75) is 60.9 Å². The molecule has 9 nitrogen and oxygen atoms in total. The molecule has 222 valence electrons. The van der Waals surface area contributed by atoms with Crippen LogP contribution in [0.5, 0.6) is 0 Å². The molecule has 2 atom stereocenters. The van der Waals surface area contributed by atoms with E-state index in [4.69, 9.17) is 9.47 Å². The van der Waals surface area contributed by atoms with Crippen LogP contribution in [0.3, 0.4) is 0 Å². The fourth-order valence-electron chi connectivity index (χ4n) is 5.49. The number of aromatic nitrogens is 1. The number of fused-ring (bicyclic) bond motifs is 1. The first-order valence-corrected chi connectivity index (χ1v) is 16.4. The SMILES string of the molecule is COC(=O)C1=C(C)C(=O)C(c2cnc(NC(=O)C(OC3Cc4ccccc4C3)c3ccc(S(=O)(=O)C4CC4)cc3)s2)C=C1. The molecule has 43 heavy (non-hydrogen) atoms. The van der Waals surface area contributed by atoms with Crippen molar-refractivity contribution in [3.63, 3.8) is 0 Å². The van der Waals surface area contributed by atoms with Gasteiger partial charge in [0, 0.05) is 16.6 Å². The molecule has 3 aliphatic carbocycles. The zero-order valence-corrected chi connectivity index (χ0v) is 25.2. The molecule has 3 aromatic rings. The van der Waals surface area contributed by atoms with E-state index in [1.807, 2.05) is 12.1 Å². The smallest absolute Gasteiger partial charge is 0.338 e. The van der Waals surface area contributed by atoms with Crippen LogP contribution >= 0.6 is 11.3 Å². The summed E-state index contributed by atoms with van der Waals surface area (Å²) in [6, 6.07) is 14.4. The number of methoxy groups -OCH3 is 1. The maximum Gasteiger partial charge on any atom is 0.338 e.